The summed E-state index contributed by atoms with van der Waals surface area (Å²) in [6.45, 7) is 2.07. The van der Waals surface area contributed by atoms with E-state index in [4.69, 9.17) is 9.84 Å². The van der Waals surface area contributed by atoms with Crippen LogP contribution in [0.5, 0.6) is 5.75 Å². The summed E-state index contributed by atoms with van der Waals surface area (Å²) in [6, 6.07) is 5.77. The predicted octanol–water partition coefficient (Wildman–Crippen LogP) is 1.92. The first-order chi connectivity index (χ1) is 9.52. The van der Waals surface area contributed by atoms with Crippen molar-refractivity contribution >= 4 is 11.9 Å². The number of likely N-dealkylation sites (N-methyl/N-ethyl adjacent to an activating group) is 1. The average molecular weight is 283 g/mol. The molecule has 0 saturated carbocycles. The Bertz CT molecular complexity index is 464. The third-order valence-electron chi connectivity index (χ3n) is 2.66. The molecule has 6 heteroatoms. The van der Waals surface area contributed by atoms with Gasteiger partial charge in [0.25, 0.3) is 0 Å². The number of carboxylic acids is 1. The van der Waals surface area contributed by atoms with E-state index in [0.29, 0.717) is 18.7 Å². The molecule has 110 valence electrons. The second kappa shape index (κ2) is 8.14. The van der Waals surface area contributed by atoms with Crippen molar-refractivity contribution in [3.8, 4) is 5.75 Å². The number of nitrogens with zero attached hydrogens (tertiary/aromatic N) is 1. The summed E-state index contributed by atoms with van der Waals surface area (Å²) >= 11 is 0. The van der Waals surface area contributed by atoms with Gasteiger partial charge in [-0.25, -0.2) is 4.39 Å². The van der Waals surface area contributed by atoms with Crippen LogP contribution in [0.3, 0.4) is 0 Å². The largest absolute Gasteiger partial charge is 0.493 e. The molecule has 1 rings (SSSR count). The minimum atomic E-state index is -1.03. The van der Waals surface area contributed by atoms with Crippen LogP contribution in [0, 0.1) is 5.82 Å². The Morgan fingerprint density at radius 1 is 1.40 bits per heavy atom. The van der Waals surface area contributed by atoms with Crippen molar-refractivity contribution in [1.29, 1.82) is 0 Å². The monoisotopic (exact) mass is 283 g/mol. The van der Waals surface area contributed by atoms with Gasteiger partial charge in [0.05, 0.1) is 6.61 Å². The maximum Gasteiger partial charge on any atom is 0.323 e. The molecule has 0 aliphatic carbocycles. The van der Waals surface area contributed by atoms with Crippen LogP contribution < -0.4 is 4.74 Å². The second-order valence-corrected chi connectivity index (χ2v) is 4.21. The molecule has 0 heterocycles. The standard InChI is InChI=1S/C14H18FNO4/c1-2-16(10-14(18)19)13(17)7-4-8-20-12-6-3-5-11(15)9-12/h3,5-6,9H,2,4,7-8,10H2,1H3,(H,18,19). The molecule has 0 aromatic heterocycles. The van der Waals surface area contributed by atoms with Crippen LogP contribution in [-0.4, -0.2) is 41.6 Å². The number of carbonyl (C=O) groups is 2. The number of amides is 1. The number of hydrogen-bond acceptors (Lipinski definition) is 3. The zero-order valence-electron chi connectivity index (χ0n) is 11.3. The first-order valence-corrected chi connectivity index (χ1v) is 6.41. The summed E-state index contributed by atoms with van der Waals surface area (Å²) in [5, 5.41) is 8.66. The fraction of sp³-hybridized carbons (Fsp3) is 0.429. The molecule has 0 unspecified atom stereocenters. The van der Waals surface area contributed by atoms with Crippen LogP contribution in [0.4, 0.5) is 4.39 Å². The Labute approximate surface area is 117 Å². The Balaban J connectivity index is 2.29. The minimum absolute atomic E-state index is 0.205. The van der Waals surface area contributed by atoms with Crippen molar-refractivity contribution in [3.05, 3.63) is 30.1 Å². The molecular weight excluding hydrogens is 265 g/mol. The van der Waals surface area contributed by atoms with Crippen LogP contribution in [-0.2, 0) is 9.59 Å². The number of ether oxygens (including phenoxy) is 1. The quantitative estimate of drug-likeness (QED) is 0.740. The maximum absolute atomic E-state index is 12.9. The SMILES string of the molecule is CCN(CC(=O)O)C(=O)CCCOc1cccc(F)c1. The van der Waals surface area contributed by atoms with Crippen molar-refractivity contribution in [2.24, 2.45) is 0 Å². The fourth-order valence-electron chi connectivity index (χ4n) is 1.67. The summed E-state index contributed by atoms with van der Waals surface area (Å²) in [6.07, 6.45) is 0.655. The molecule has 5 nitrogen and oxygen atoms in total. The van der Waals surface area contributed by atoms with Gasteiger partial charge in [-0.15, -0.1) is 0 Å². The highest BCUT2D eigenvalue weighted by Gasteiger charge is 2.14. The van der Waals surface area contributed by atoms with E-state index in [1.807, 2.05) is 0 Å². The molecule has 1 amide bonds. The van der Waals surface area contributed by atoms with Crippen molar-refractivity contribution in [3.63, 3.8) is 0 Å². The van der Waals surface area contributed by atoms with Crippen molar-refractivity contribution in [2.75, 3.05) is 19.7 Å². The van der Waals surface area contributed by atoms with Gasteiger partial charge in [-0.2, -0.15) is 0 Å². The van der Waals surface area contributed by atoms with E-state index in [1.54, 1.807) is 19.1 Å². The van der Waals surface area contributed by atoms with Crippen molar-refractivity contribution in [2.45, 2.75) is 19.8 Å². The summed E-state index contributed by atoms with van der Waals surface area (Å²) in [5.41, 5.74) is 0. The zero-order chi connectivity index (χ0) is 15.0. The van der Waals surface area contributed by atoms with Gasteiger partial charge in [-0.05, 0) is 25.5 Å². The Kier molecular flexibility index (Phi) is 6.49. The highest BCUT2D eigenvalue weighted by atomic mass is 19.1. The van der Waals surface area contributed by atoms with E-state index in [9.17, 15) is 14.0 Å². The lowest BCUT2D eigenvalue weighted by atomic mass is 10.2. The lowest BCUT2D eigenvalue weighted by molar-refractivity contribution is -0.144. The number of hydrogen-bond donors (Lipinski definition) is 1. The summed E-state index contributed by atoms with van der Waals surface area (Å²) in [4.78, 5) is 23.6. The third-order valence-corrected chi connectivity index (χ3v) is 2.66. The van der Waals surface area contributed by atoms with E-state index < -0.39 is 5.97 Å². The molecule has 0 spiro atoms. The molecule has 0 radical (unpaired) electrons. The number of benzene rings is 1. The predicted molar refractivity (Wildman–Crippen MR) is 71.0 cm³/mol. The minimum Gasteiger partial charge on any atom is -0.493 e. The van der Waals surface area contributed by atoms with Gasteiger partial charge in [0, 0.05) is 19.0 Å². The Hall–Kier alpha value is -2.11. The van der Waals surface area contributed by atoms with E-state index in [0.717, 1.165) is 0 Å². The molecule has 0 aliphatic rings. The highest BCUT2D eigenvalue weighted by Crippen LogP contribution is 2.12. The molecule has 0 aliphatic heterocycles. The van der Waals surface area contributed by atoms with Gasteiger partial charge < -0.3 is 14.7 Å². The van der Waals surface area contributed by atoms with E-state index in [2.05, 4.69) is 0 Å². The van der Waals surface area contributed by atoms with Gasteiger partial charge >= 0.3 is 5.97 Å². The number of rotatable bonds is 8. The Morgan fingerprint density at radius 3 is 2.75 bits per heavy atom. The van der Waals surface area contributed by atoms with Gasteiger partial charge in [-0.1, -0.05) is 6.07 Å². The lowest BCUT2D eigenvalue weighted by Gasteiger charge is -2.18. The summed E-state index contributed by atoms with van der Waals surface area (Å²) in [7, 11) is 0. The molecular formula is C14H18FNO4. The molecule has 0 fully saturated rings. The lowest BCUT2D eigenvalue weighted by Crippen LogP contribution is -2.35. The van der Waals surface area contributed by atoms with Crippen LogP contribution in [0.25, 0.3) is 0 Å². The molecule has 0 saturated heterocycles. The second-order valence-electron chi connectivity index (χ2n) is 4.21. The molecule has 1 aromatic rings. The van der Waals surface area contributed by atoms with Crippen LogP contribution >= 0.6 is 0 Å². The van der Waals surface area contributed by atoms with Crippen molar-refractivity contribution < 1.29 is 23.8 Å². The number of halogens is 1. The van der Waals surface area contributed by atoms with Gasteiger partial charge in [-0.3, -0.25) is 9.59 Å². The van der Waals surface area contributed by atoms with E-state index >= 15 is 0 Å². The summed E-state index contributed by atoms with van der Waals surface area (Å²) in [5.74, 6) is -1.22. The van der Waals surface area contributed by atoms with Crippen LogP contribution in [0.1, 0.15) is 19.8 Å². The maximum atomic E-state index is 12.9. The number of aliphatic carboxylic acids is 1. The zero-order valence-corrected chi connectivity index (χ0v) is 11.3. The number of carboxylic acid groups (broad SMARTS) is 1. The van der Waals surface area contributed by atoms with E-state index in [-0.39, 0.29) is 31.3 Å². The van der Waals surface area contributed by atoms with Crippen molar-refractivity contribution in [1.82, 2.24) is 4.90 Å². The van der Waals surface area contributed by atoms with Gasteiger partial charge in [0.1, 0.15) is 18.1 Å². The van der Waals surface area contributed by atoms with Gasteiger partial charge in [0.15, 0.2) is 0 Å². The smallest absolute Gasteiger partial charge is 0.323 e. The molecule has 20 heavy (non-hydrogen) atoms. The molecule has 0 atom stereocenters. The molecule has 1 aromatic carbocycles. The first-order valence-electron chi connectivity index (χ1n) is 6.41. The Morgan fingerprint density at radius 2 is 2.15 bits per heavy atom. The highest BCUT2D eigenvalue weighted by molar-refractivity contribution is 5.81. The van der Waals surface area contributed by atoms with Gasteiger partial charge in [0.2, 0.25) is 5.91 Å². The number of carbonyl (C=O) groups excluding carboxylic acids is 1. The van der Waals surface area contributed by atoms with E-state index in [1.165, 1.54) is 17.0 Å². The van der Waals surface area contributed by atoms with Crippen LogP contribution in [0.15, 0.2) is 24.3 Å². The molecule has 1 N–H and O–H groups in total. The third kappa shape index (κ3) is 5.69. The summed E-state index contributed by atoms with van der Waals surface area (Å²) < 4.78 is 18.2. The topological polar surface area (TPSA) is 66.8 Å². The average Bonchev–Trinajstić information content (AvgIpc) is 2.40. The normalized spacial score (nSPS) is 10.1. The molecule has 0 bridgehead atoms. The fourth-order valence-corrected chi connectivity index (χ4v) is 1.67. The first kappa shape index (κ1) is 15.9. The van der Waals surface area contributed by atoms with Crippen LogP contribution in [0.2, 0.25) is 0 Å².